The molecule has 2 saturated heterocycles. The molecule has 2 heterocycles. The van der Waals surface area contributed by atoms with Gasteiger partial charge in [-0.15, -0.1) is 24.8 Å². The van der Waals surface area contributed by atoms with E-state index in [9.17, 15) is 9.59 Å². The molecule has 2 fully saturated rings. The SMILES string of the molecule is CNCCOc1cccc(C(=O)N2CC[C@@]3(NC(C)=O)CN[C@H](c4ccccc4)[C@H]3C2)c1.Cl.Cl. The maximum atomic E-state index is 13.4. The monoisotopic (exact) mass is 508 g/mol. The molecule has 0 bridgehead atoms. The second-order valence-electron chi connectivity index (χ2n) is 8.69. The van der Waals surface area contributed by atoms with Crippen LogP contribution in [-0.2, 0) is 4.79 Å². The zero-order valence-corrected chi connectivity index (χ0v) is 21.2. The van der Waals surface area contributed by atoms with Crippen LogP contribution in [0.25, 0.3) is 0 Å². The van der Waals surface area contributed by atoms with Crippen LogP contribution in [0, 0.1) is 5.92 Å². The summed E-state index contributed by atoms with van der Waals surface area (Å²) in [6.45, 7) is 4.74. The Kier molecular flexibility index (Phi) is 10.2. The van der Waals surface area contributed by atoms with Crippen LogP contribution in [0.1, 0.15) is 35.3 Å². The Bertz CT molecular complexity index is 962. The van der Waals surface area contributed by atoms with E-state index in [-0.39, 0.29) is 54.1 Å². The summed E-state index contributed by atoms with van der Waals surface area (Å²) in [5, 5.41) is 9.90. The van der Waals surface area contributed by atoms with Crippen molar-refractivity contribution < 1.29 is 14.3 Å². The van der Waals surface area contributed by atoms with Crippen molar-refractivity contribution in [1.82, 2.24) is 20.9 Å². The summed E-state index contributed by atoms with van der Waals surface area (Å²) in [5.74, 6) is 0.748. The Morgan fingerprint density at radius 2 is 1.91 bits per heavy atom. The average molecular weight is 509 g/mol. The van der Waals surface area contributed by atoms with Gasteiger partial charge >= 0.3 is 0 Å². The van der Waals surface area contributed by atoms with E-state index in [1.54, 1.807) is 6.92 Å². The molecule has 3 N–H and O–H groups in total. The van der Waals surface area contributed by atoms with Gasteiger partial charge < -0.3 is 25.6 Å². The lowest BCUT2D eigenvalue weighted by atomic mass is 9.75. The van der Waals surface area contributed by atoms with Gasteiger partial charge in [0.15, 0.2) is 0 Å². The first-order valence-corrected chi connectivity index (χ1v) is 11.3. The second kappa shape index (κ2) is 12.4. The van der Waals surface area contributed by atoms with Crippen LogP contribution < -0.4 is 20.7 Å². The Labute approximate surface area is 213 Å². The molecule has 7 nitrogen and oxygen atoms in total. The van der Waals surface area contributed by atoms with Crippen LogP contribution in [0.15, 0.2) is 54.6 Å². The van der Waals surface area contributed by atoms with Crippen molar-refractivity contribution in [2.24, 2.45) is 5.92 Å². The molecule has 0 saturated carbocycles. The van der Waals surface area contributed by atoms with Gasteiger partial charge in [0.1, 0.15) is 12.4 Å². The summed E-state index contributed by atoms with van der Waals surface area (Å²) in [7, 11) is 1.88. The smallest absolute Gasteiger partial charge is 0.254 e. The zero-order valence-electron chi connectivity index (χ0n) is 19.6. The maximum absolute atomic E-state index is 13.4. The molecule has 0 aromatic heterocycles. The molecule has 0 unspecified atom stereocenters. The molecule has 2 aromatic rings. The number of likely N-dealkylation sites (N-methyl/N-ethyl adjacent to an activating group) is 1. The van der Waals surface area contributed by atoms with Crippen LogP contribution in [0.4, 0.5) is 0 Å². The Morgan fingerprint density at radius 1 is 1.15 bits per heavy atom. The molecule has 9 heteroatoms. The standard InChI is InChI=1S/C25H32N4O3.2ClH/c1-18(30)28-25-11-13-29(16-22(25)23(27-17-25)19-7-4-3-5-8-19)24(31)20-9-6-10-21(15-20)32-14-12-26-2;;/h3-10,15,22-23,26-27H,11-14,16-17H2,1-2H3,(H,28,30);2*1H/t22-,23-,25-;;/m1../s1. The van der Waals surface area contributed by atoms with Crippen LogP contribution in [-0.4, -0.2) is 62.1 Å². The van der Waals surface area contributed by atoms with E-state index < -0.39 is 0 Å². The number of piperidine rings is 1. The summed E-state index contributed by atoms with van der Waals surface area (Å²) in [6.07, 6.45) is 0.720. The third kappa shape index (κ3) is 6.02. The molecular formula is C25H34Cl2N4O3. The third-order valence-electron chi connectivity index (χ3n) is 6.57. The van der Waals surface area contributed by atoms with E-state index in [0.717, 1.165) is 13.0 Å². The fourth-order valence-corrected chi connectivity index (χ4v) is 5.02. The number of ether oxygens (including phenoxy) is 1. The summed E-state index contributed by atoms with van der Waals surface area (Å²) in [6, 6.07) is 17.7. The first kappa shape index (κ1) is 27.9. The van der Waals surface area contributed by atoms with E-state index in [1.807, 2.05) is 54.4 Å². The molecular weight excluding hydrogens is 475 g/mol. The van der Waals surface area contributed by atoms with Crippen molar-refractivity contribution in [3.8, 4) is 5.75 Å². The van der Waals surface area contributed by atoms with Gasteiger partial charge in [0.2, 0.25) is 5.91 Å². The van der Waals surface area contributed by atoms with Gasteiger partial charge in [-0.1, -0.05) is 36.4 Å². The van der Waals surface area contributed by atoms with E-state index in [1.165, 1.54) is 5.56 Å². The quantitative estimate of drug-likeness (QED) is 0.501. The topological polar surface area (TPSA) is 82.7 Å². The molecule has 3 atom stereocenters. The van der Waals surface area contributed by atoms with E-state index >= 15 is 0 Å². The number of likely N-dealkylation sites (tertiary alicyclic amines) is 1. The summed E-state index contributed by atoms with van der Waals surface area (Å²) >= 11 is 0. The lowest BCUT2D eigenvalue weighted by Crippen LogP contribution is -2.61. The maximum Gasteiger partial charge on any atom is 0.254 e. The first-order chi connectivity index (χ1) is 15.5. The van der Waals surface area contributed by atoms with E-state index in [4.69, 9.17) is 4.74 Å². The minimum Gasteiger partial charge on any atom is -0.492 e. The molecule has 0 radical (unpaired) electrons. The number of benzene rings is 2. The van der Waals surface area contributed by atoms with Gasteiger partial charge in [0, 0.05) is 50.6 Å². The normalized spacial score (nSPS) is 23.2. The van der Waals surface area contributed by atoms with E-state index in [2.05, 4.69) is 28.1 Å². The number of nitrogens with one attached hydrogen (secondary N) is 3. The lowest BCUT2D eigenvalue weighted by Gasteiger charge is -2.45. The summed E-state index contributed by atoms with van der Waals surface area (Å²) in [5.41, 5.74) is 1.46. The molecule has 2 amide bonds. The molecule has 2 aliphatic heterocycles. The van der Waals surface area contributed by atoms with Crippen molar-refractivity contribution in [2.75, 3.05) is 39.8 Å². The van der Waals surface area contributed by atoms with Crippen molar-refractivity contribution in [1.29, 1.82) is 0 Å². The predicted octanol–water partition coefficient (Wildman–Crippen LogP) is 2.81. The number of halogens is 2. The van der Waals surface area contributed by atoms with Crippen molar-refractivity contribution in [2.45, 2.75) is 24.9 Å². The number of rotatable bonds is 7. The highest BCUT2D eigenvalue weighted by Crippen LogP contribution is 2.42. The highest BCUT2D eigenvalue weighted by Gasteiger charge is 2.52. The number of hydrogen-bond donors (Lipinski definition) is 3. The van der Waals surface area contributed by atoms with Gasteiger partial charge in [-0.25, -0.2) is 0 Å². The first-order valence-electron chi connectivity index (χ1n) is 11.3. The van der Waals surface area contributed by atoms with E-state index in [0.29, 0.717) is 37.6 Å². The fourth-order valence-electron chi connectivity index (χ4n) is 5.02. The molecule has 34 heavy (non-hydrogen) atoms. The van der Waals surface area contributed by atoms with Crippen LogP contribution in [0.2, 0.25) is 0 Å². The largest absolute Gasteiger partial charge is 0.492 e. The predicted molar refractivity (Wildman–Crippen MR) is 138 cm³/mol. The highest BCUT2D eigenvalue weighted by atomic mass is 35.5. The summed E-state index contributed by atoms with van der Waals surface area (Å²) in [4.78, 5) is 27.3. The molecule has 4 rings (SSSR count). The number of hydrogen-bond acceptors (Lipinski definition) is 5. The fraction of sp³-hybridized carbons (Fsp3) is 0.440. The third-order valence-corrected chi connectivity index (χ3v) is 6.57. The van der Waals surface area contributed by atoms with Crippen LogP contribution >= 0.6 is 24.8 Å². The molecule has 186 valence electrons. The molecule has 2 aliphatic rings. The number of nitrogens with zero attached hydrogens (tertiary/aromatic N) is 1. The summed E-state index contributed by atoms with van der Waals surface area (Å²) < 4.78 is 5.74. The minimum atomic E-state index is -0.346. The average Bonchev–Trinajstić information content (AvgIpc) is 3.17. The highest BCUT2D eigenvalue weighted by molar-refractivity contribution is 5.94. The lowest BCUT2D eigenvalue weighted by molar-refractivity contribution is -0.121. The van der Waals surface area contributed by atoms with Crippen molar-refractivity contribution >= 4 is 36.6 Å². The van der Waals surface area contributed by atoms with Gasteiger partial charge in [0.05, 0.1) is 5.54 Å². The molecule has 0 aliphatic carbocycles. The number of carbonyl (C=O) groups excluding carboxylic acids is 2. The van der Waals surface area contributed by atoms with Crippen LogP contribution in [0.3, 0.4) is 0 Å². The zero-order chi connectivity index (χ0) is 22.6. The Balaban J connectivity index is 0.00000204. The van der Waals surface area contributed by atoms with Crippen molar-refractivity contribution in [3.05, 3.63) is 65.7 Å². The molecule has 2 aromatic carbocycles. The van der Waals surface area contributed by atoms with Gasteiger partial charge in [-0.3, -0.25) is 9.59 Å². The second-order valence-corrected chi connectivity index (χ2v) is 8.69. The Morgan fingerprint density at radius 3 is 2.62 bits per heavy atom. The van der Waals surface area contributed by atoms with Gasteiger partial charge in [-0.05, 0) is 37.2 Å². The molecule has 0 spiro atoms. The minimum absolute atomic E-state index is 0. The van der Waals surface area contributed by atoms with Gasteiger partial charge in [-0.2, -0.15) is 0 Å². The van der Waals surface area contributed by atoms with Gasteiger partial charge in [0.25, 0.3) is 5.91 Å². The number of carbonyl (C=O) groups is 2. The van der Waals surface area contributed by atoms with Crippen LogP contribution in [0.5, 0.6) is 5.75 Å². The number of amides is 2. The number of fused-ring (bicyclic) bond motifs is 1. The Hall–Kier alpha value is -2.32. The van der Waals surface area contributed by atoms with Crippen molar-refractivity contribution in [3.63, 3.8) is 0 Å².